The van der Waals surface area contributed by atoms with Gasteiger partial charge in [-0.05, 0) is 25.3 Å². The molecule has 7 heteroatoms. The van der Waals surface area contributed by atoms with Gasteiger partial charge in [-0.15, -0.1) is 0 Å². The molecule has 0 aromatic rings. The molecule has 0 spiro atoms. The Balaban J connectivity index is 2.40. The topological polar surface area (TPSA) is 98.7 Å². The Morgan fingerprint density at radius 2 is 2.00 bits per heavy atom. The summed E-state index contributed by atoms with van der Waals surface area (Å²) < 4.78 is 0. The van der Waals surface area contributed by atoms with Crippen LogP contribution >= 0.6 is 0 Å². The number of urea groups is 1. The van der Waals surface area contributed by atoms with Gasteiger partial charge in [0, 0.05) is 12.6 Å². The van der Waals surface area contributed by atoms with E-state index in [0.29, 0.717) is 19.0 Å². The number of imide groups is 1. The number of carboxylic acids is 1. The molecule has 1 unspecified atom stereocenters. The van der Waals surface area contributed by atoms with Crippen molar-refractivity contribution in [3.05, 3.63) is 0 Å². The minimum Gasteiger partial charge on any atom is -0.481 e. The molecule has 120 valence electrons. The number of piperidine rings is 1. The second kappa shape index (κ2) is 8.61. The number of amides is 3. The molecule has 1 saturated heterocycles. The standard InChI is InChI=1S/C14H25N3O4/c1-10(2)8-15-14(21)16-12(18)9-17-6-4-3-5-11(17)7-13(19)20/h10-11H,3-9H2,1-2H3,(H,19,20)(H2,15,16,18,21). The summed E-state index contributed by atoms with van der Waals surface area (Å²) in [7, 11) is 0. The first-order chi connectivity index (χ1) is 9.88. The third-order valence-corrected chi connectivity index (χ3v) is 3.43. The van der Waals surface area contributed by atoms with Gasteiger partial charge in [0.2, 0.25) is 5.91 Å². The minimum absolute atomic E-state index is 0.0345. The van der Waals surface area contributed by atoms with E-state index in [9.17, 15) is 14.4 Å². The van der Waals surface area contributed by atoms with E-state index >= 15 is 0 Å². The molecule has 1 fully saturated rings. The molecule has 3 N–H and O–H groups in total. The Hall–Kier alpha value is -1.63. The van der Waals surface area contributed by atoms with Crippen LogP contribution in [0.25, 0.3) is 0 Å². The molecule has 3 amide bonds. The maximum absolute atomic E-state index is 11.8. The predicted octanol–water partition coefficient (Wildman–Crippen LogP) is 0.797. The van der Waals surface area contributed by atoms with Crippen molar-refractivity contribution in [1.82, 2.24) is 15.5 Å². The van der Waals surface area contributed by atoms with Crippen LogP contribution in [0.2, 0.25) is 0 Å². The number of likely N-dealkylation sites (tertiary alicyclic amines) is 1. The van der Waals surface area contributed by atoms with Gasteiger partial charge in [0.15, 0.2) is 0 Å². The van der Waals surface area contributed by atoms with Crippen LogP contribution in [0.15, 0.2) is 0 Å². The Labute approximate surface area is 125 Å². The van der Waals surface area contributed by atoms with Crippen molar-refractivity contribution in [3.8, 4) is 0 Å². The summed E-state index contributed by atoms with van der Waals surface area (Å²) in [6, 6.07) is -0.624. The predicted molar refractivity (Wildman–Crippen MR) is 77.8 cm³/mol. The molecule has 0 aromatic carbocycles. The van der Waals surface area contributed by atoms with Crippen molar-refractivity contribution in [1.29, 1.82) is 0 Å². The summed E-state index contributed by atoms with van der Waals surface area (Å²) in [6.45, 7) is 5.19. The molecule has 1 rings (SSSR count). The van der Waals surface area contributed by atoms with Gasteiger partial charge in [-0.2, -0.15) is 0 Å². The highest BCUT2D eigenvalue weighted by Crippen LogP contribution is 2.19. The van der Waals surface area contributed by atoms with Gasteiger partial charge in [-0.25, -0.2) is 4.79 Å². The third-order valence-electron chi connectivity index (χ3n) is 3.43. The highest BCUT2D eigenvalue weighted by Gasteiger charge is 2.26. The smallest absolute Gasteiger partial charge is 0.321 e. The molecule has 21 heavy (non-hydrogen) atoms. The van der Waals surface area contributed by atoms with E-state index in [-0.39, 0.29) is 19.0 Å². The van der Waals surface area contributed by atoms with Gasteiger partial charge in [0.25, 0.3) is 0 Å². The maximum Gasteiger partial charge on any atom is 0.321 e. The Bertz CT molecular complexity index is 384. The van der Waals surface area contributed by atoms with Crippen molar-refractivity contribution in [2.24, 2.45) is 5.92 Å². The van der Waals surface area contributed by atoms with E-state index < -0.39 is 17.9 Å². The van der Waals surface area contributed by atoms with E-state index in [1.54, 1.807) is 0 Å². The molecule has 1 aliphatic heterocycles. The number of carboxylic acid groups (broad SMARTS) is 1. The van der Waals surface area contributed by atoms with Crippen molar-refractivity contribution in [2.45, 2.75) is 45.6 Å². The Morgan fingerprint density at radius 3 is 2.62 bits per heavy atom. The molecular weight excluding hydrogens is 274 g/mol. The van der Waals surface area contributed by atoms with Gasteiger partial charge < -0.3 is 10.4 Å². The van der Waals surface area contributed by atoms with Crippen molar-refractivity contribution in [3.63, 3.8) is 0 Å². The number of carbonyl (C=O) groups is 3. The van der Waals surface area contributed by atoms with Gasteiger partial charge in [0.05, 0.1) is 13.0 Å². The first kappa shape index (κ1) is 17.4. The summed E-state index contributed by atoms with van der Waals surface area (Å²) in [5.74, 6) is -0.941. The quantitative estimate of drug-likeness (QED) is 0.674. The zero-order valence-corrected chi connectivity index (χ0v) is 12.7. The number of hydrogen-bond acceptors (Lipinski definition) is 4. The summed E-state index contributed by atoms with van der Waals surface area (Å²) in [4.78, 5) is 36.0. The van der Waals surface area contributed by atoms with Crippen LogP contribution in [0.1, 0.15) is 39.5 Å². The lowest BCUT2D eigenvalue weighted by Gasteiger charge is -2.34. The Kier molecular flexibility index (Phi) is 7.14. The SMILES string of the molecule is CC(C)CNC(=O)NC(=O)CN1CCCCC1CC(=O)O. The molecule has 0 aliphatic carbocycles. The molecule has 1 atom stereocenters. The van der Waals surface area contributed by atoms with E-state index in [1.807, 2.05) is 18.7 Å². The first-order valence-corrected chi connectivity index (χ1v) is 7.42. The highest BCUT2D eigenvalue weighted by molar-refractivity contribution is 5.95. The van der Waals surface area contributed by atoms with E-state index in [0.717, 1.165) is 19.3 Å². The van der Waals surface area contributed by atoms with Gasteiger partial charge in [-0.1, -0.05) is 20.3 Å². The molecule has 1 aliphatic rings. The molecule has 0 radical (unpaired) electrons. The second-order valence-electron chi connectivity index (χ2n) is 5.87. The lowest BCUT2D eigenvalue weighted by molar-refractivity contribution is -0.139. The average molecular weight is 299 g/mol. The normalized spacial score (nSPS) is 19.3. The number of nitrogens with zero attached hydrogens (tertiary/aromatic N) is 1. The van der Waals surface area contributed by atoms with E-state index in [4.69, 9.17) is 5.11 Å². The number of hydrogen-bond donors (Lipinski definition) is 3. The van der Waals surface area contributed by atoms with Crippen LogP contribution in [-0.2, 0) is 9.59 Å². The first-order valence-electron chi connectivity index (χ1n) is 7.42. The summed E-state index contributed by atoms with van der Waals surface area (Å²) in [5, 5.41) is 13.8. The van der Waals surface area contributed by atoms with Gasteiger partial charge in [-0.3, -0.25) is 19.8 Å². The maximum atomic E-state index is 11.8. The molecular formula is C14H25N3O4. The summed E-state index contributed by atoms with van der Waals surface area (Å²) in [5.41, 5.74) is 0. The molecule has 0 bridgehead atoms. The molecule has 0 saturated carbocycles. The summed E-state index contributed by atoms with van der Waals surface area (Å²) >= 11 is 0. The lowest BCUT2D eigenvalue weighted by atomic mass is 9.99. The lowest BCUT2D eigenvalue weighted by Crippen LogP contribution is -2.49. The van der Waals surface area contributed by atoms with Crippen LogP contribution in [0, 0.1) is 5.92 Å². The largest absolute Gasteiger partial charge is 0.481 e. The zero-order chi connectivity index (χ0) is 15.8. The van der Waals surface area contributed by atoms with Crippen LogP contribution < -0.4 is 10.6 Å². The number of aliphatic carboxylic acids is 1. The highest BCUT2D eigenvalue weighted by atomic mass is 16.4. The molecule has 0 aromatic heterocycles. The second-order valence-corrected chi connectivity index (χ2v) is 5.87. The van der Waals surface area contributed by atoms with E-state index in [1.165, 1.54) is 0 Å². The van der Waals surface area contributed by atoms with Crippen molar-refractivity contribution in [2.75, 3.05) is 19.6 Å². The van der Waals surface area contributed by atoms with Crippen LogP contribution in [0.4, 0.5) is 4.79 Å². The molecule has 1 heterocycles. The van der Waals surface area contributed by atoms with Crippen molar-refractivity contribution >= 4 is 17.9 Å². The van der Waals surface area contributed by atoms with Crippen LogP contribution in [0.5, 0.6) is 0 Å². The fourth-order valence-corrected chi connectivity index (χ4v) is 2.39. The van der Waals surface area contributed by atoms with Gasteiger partial charge >= 0.3 is 12.0 Å². The van der Waals surface area contributed by atoms with Crippen LogP contribution in [-0.4, -0.2) is 53.6 Å². The monoisotopic (exact) mass is 299 g/mol. The Morgan fingerprint density at radius 1 is 1.29 bits per heavy atom. The number of carbonyl (C=O) groups excluding carboxylic acids is 2. The van der Waals surface area contributed by atoms with Gasteiger partial charge in [0.1, 0.15) is 0 Å². The minimum atomic E-state index is -0.859. The average Bonchev–Trinajstić information content (AvgIpc) is 2.38. The van der Waals surface area contributed by atoms with E-state index in [2.05, 4.69) is 10.6 Å². The fraction of sp³-hybridized carbons (Fsp3) is 0.786. The fourth-order valence-electron chi connectivity index (χ4n) is 2.39. The number of rotatable bonds is 6. The summed E-state index contributed by atoms with van der Waals surface area (Å²) in [6.07, 6.45) is 2.74. The number of nitrogens with one attached hydrogen (secondary N) is 2. The third kappa shape index (κ3) is 7.08. The van der Waals surface area contributed by atoms with Crippen LogP contribution in [0.3, 0.4) is 0 Å². The zero-order valence-electron chi connectivity index (χ0n) is 12.7. The van der Waals surface area contributed by atoms with Crippen molar-refractivity contribution < 1.29 is 19.5 Å². The molecule has 7 nitrogen and oxygen atoms in total.